The maximum Gasteiger partial charge on any atom is 0.220 e. The summed E-state index contributed by atoms with van der Waals surface area (Å²) in [7, 11) is 0. The Morgan fingerprint density at radius 2 is 2.30 bits per heavy atom. The fourth-order valence-corrected chi connectivity index (χ4v) is 2.09. The second kappa shape index (κ2) is 6.33. The minimum Gasteiger partial charge on any atom is -0.352 e. The Kier molecular flexibility index (Phi) is 4.51. The molecule has 1 atom stereocenters. The van der Waals surface area contributed by atoms with E-state index in [1.54, 1.807) is 12.5 Å². The van der Waals surface area contributed by atoms with Crippen molar-refractivity contribution in [2.45, 2.75) is 50.9 Å². The van der Waals surface area contributed by atoms with Crippen molar-refractivity contribution in [1.29, 1.82) is 0 Å². The first-order valence-electron chi connectivity index (χ1n) is 6.76. The minimum absolute atomic E-state index is 0.0231. The van der Waals surface area contributed by atoms with Gasteiger partial charge in [0.05, 0.1) is 6.33 Å². The van der Waals surface area contributed by atoms with Crippen LogP contribution in [0, 0.1) is 12.3 Å². The summed E-state index contributed by atoms with van der Waals surface area (Å²) in [4.78, 5) is 15.8. The number of rotatable bonds is 8. The van der Waals surface area contributed by atoms with Crippen LogP contribution in [0.25, 0.3) is 0 Å². The summed E-state index contributed by atoms with van der Waals surface area (Å²) >= 11 is 0. The van der Waals surface area contributed by atoms with E-state index in [-0.39, 0.29) is 17.6 Å². The van der Waals surface area contributed by atoms with E-state index in [1.807, 2.05) is 17.7 Å². The molecule has 1 N–H and O–H groups in total. The van der Waals surface area contributed by atoms with E-state index in [9.17, 15) is 4.79 Å². The highest BCUT2D eigenvalue weighted by molar-refractivity contribution is 5.76. The molecule has 106 valence electrons. The molecule has 0 aliphatic carbocycles. The van der Waals surface area contributed by atoms with Crippen molar-refractivity contribution in [3.8, 4) is 12.3 Å². The zero-order valence-electron chi connectivity index (χ0n) is 11.6. The molecule has 1 aliphatic rings. The average Bonchev–Trinajstić information content (AvgIpc) is 3.02. The van der Waals surface area contributed by atoms with Crippen LogP contribution >= 0.6 is 0 Å². The second-order valence-corrected chi connectivity index (χ2v) is 5.11. The van der Waals surface area contributed by atoms with Crippen LogP contribution in [0.1, 0.15) is 32.6 Å². The van der Waals surface area contributed by atoms with Crippen LogP contribution in [0.4, 0.5) is 0 Å². The molecule has 1 amide bonds. The van der Waals surface area contributed by atoms with Gasteiger partial charge in [-0.1, -0.05) is 0 Å². The maximum absolute atomic E-state index is 11.9. The fraction of sp³-hybridized carbons (Fsp3) is 0.571. The molecule has 0 fully saturated rings. The molecule has 0 saturated heterocycles. The molecule has 6 nitrogen and oxygen atoms in total. The Morgan fingerprint density at radius 1 is 1.50 bits per heavy atom. The summed E-state index contributed by atoms with van der Waals surface area (Å²) in [5.74, 6) is 2.60. The third-order valence-electron chi connectivity index (χ3n) is 3.26. The van der Waals surface area contributed by atoms with Crippen LogP contribution in [0.3, 0.4) is 0 Å². The molecule has 0 radical (unpaired) electrons. The number of terminal acetylenes is 1. The first kappa shape index (κ1) is 14.3. The highest BCUT2D eigenvalue weighted by atomic mass is 16.1. The van der Waals surface area contributed by atoms with E-state index in [2.05, 4.69) is 26.4 Å². The third-order valence-corrected chi connectivity index (χ3v) is 3.26. The molecule has 0 bridgehead atoms. The zero-order valence-corrected chi connectivity index (χ0v) is 11.6. The number of carbonyl (C=O) groups is 1. The van der Waals surface area contributed by atoms with Crippen LogP contribution in [0.2, 0.25) is 0 Å². The van der Waals surface area contributed by atoms with Crippen LogP contribution in [0.5, 0.6) is 0 Å². The van der Waals surface area contributed by atoms with E-state index >= 15 is 0 Å². The molecule has 0 spiro atoms. The van der Waals surface area contributed by atoms with Gasteiger partial charge in [0.15, 0.2) is 5.66 Å². The normalized spacial score (nSPS) is 16.4. The predicted molar refractivity (Wildman–Crippen MR) is 74.7 cm³/mol. The van der Waals surface area contributed by atoms with Crippen LogP contribution < -0.4 is 5.32 Å². The van der Waals surface area contributed by atoms with Crippen LogP contribution in [-0.4, -0.2) is 27.2 Å². The predicted octanol–water partition coefficient (Wildman–Crippen LogP) is 1.74. The molecule has 0 aromatic carbocycles. The molecule has 0 saturated carbocycles. The Balaban J connectivity index is 1.66. The zero-order chi connectivity index (χ0) is 14.4. The number of amides is 1. The third kappa shape index (κ3) is 4.19. The van der Waals surface area contributed by atoms with Gasteiger partial charge in [0.1, 0.15) is 0 Å². The number of hydrogen-bond donors (Lipinski definition) is 1. The van der Waals surface area contributed by atoms with Gasteiger partial charge >= 0.3 is 0 Å². The summed E-state index contributed by atoms with van der Waals surface area (Å²) in [5.41, 5.74) is -0.378. The first-order chi connectivity index (χ1) is 9.63. The lowest BCUT2D eigenvalue weighted by molar-refractivity contribution is -0.122. The molecule has 1 aliphatic heterocycles. The number of carbonyl (C=O) groups excluding carboxylic acids is 1. The Bertz CT molecular complexity index is 508. The van der Waals surface area contributed by atoms with Crippen molar-refractivity contribution in [1.82, 2.24) is 14.9 Å². The van der Waals surface area contributed by atoms with E-state index < -0.39 is 0 Å². The van der Waals surface area contributed by atoms with Gasteiger partial charge in [-0.25, -0.2) is 4.98 Å². The number of nitrogens with zero attached hydrogens (tertiary/aromatic N) is 4. The van der Waals surface area contributed by atoms with Gasteiger partial charge in [0.2, 0.25) is 5.91 Å². The number of aromatic nitrogens is 2. The molecule has 1 aromatic rings. The minimum atomic E-state index is -0.378. The standard InChI is InChI=1S/C14H19N5O/c1-3-4-6-14(17-18-14)7-5-13(20)16-12(2)10-19-9-8-15-11-19/h1,8-9,11-12H,4-7,10H2,2H3,(H,16,20). The molecule has 2 heterocycles. The van der Waals surface area contributed by atoms with Crippen molar-refractivity contribution in [3.05, 3.63) is 18.7 Å². The van der Waals surface area contributed by atoms with Crippen molar-refractivity contribution >= 4 is 5.91 Å². The lowest BCUT2D eigenvalue weighted by Gasteiger charge is -2.15. The smallest absolute Gasteiger partial charge is 0.220 e. The largest absolute Gasteiger partial charge is 0.352 e. The summed E-state index contributed by atoms with van der Waals surface area (Å²) in [6, 6.07) is 0.0615. The molecule has 1 unspecified atom stereocenters. The molecule has 1 aromatic heterocycles. The summed E-state index contributed by atoms with van der Waals surface area (Å²) in [5, 5.41) is 11.0. The van der Waals surface area contributed by atoms with Crippen molar-refractivity contribution in [2.24, 2.45) is 10.2 Å². The maximum atomic E-state index is 11.9. The second-order valence-electron chi connectivity index (χ2n) is 5.11. The molecular formula is C14H19N5O. The summed E-state index contributed by atoms with van der Waals surface area (Å²) in [6.07, 6.45) is 13.0. The van der Waals surface area contributed by atoms with Gasteiger partial charge in [-0.05, 0) is 6.92 Å². The number of nitrogens with one attached hydrogen (secondary N) is 1. The first-order valence-corrected chi connectivity index (χ1v) is 6.76. The van der Waals surface area contributed by atoms with Gasteiger partial charge in [-0.3, -0.25) is 4.79 Å². The van der Waals surface area contributed by atoms with Gasteiger partial charge in [0, 0.05) is 50.7 Å². The van der Waals surface area contributed by atoms with Crippen molar-refractivity contribution in [2.75, 3.05) is 0 Å². The highest BCUT2D eigenvalue weighted by Gasteiger charge is 2.39. The highest BCUT2D eigenvalue weighted by Crippen LogP contribution is 2.37. The van der Waals surface area contributed by atoms with Gasteiger partial charge in [0.25, 0.3) is 0 Å². The molecular weight excluding hydrogens is 254 g/mol. The van der Waals surface area contributed by atoms with E-state index in [0.717, 1.165) is 6.42 Å². The monoisotopic (exact) mass is 273 g/mol. The van der Waals surface area contributed by atoms with Crippen LogP contribution in [0.15, 0.2) is 28.9 Å². The molecule has 20 heavy (non-hydrogen) atoms. The quantitative estimate of drug-likeness (QED) is 0.733. The summed E-state index contributed by atoms with van der Waals surface area (Å²) < 4.78 is 1.94. The van der Waals surface area contributed by atoms with E-state index in [1.165, 1.54) is 0 Å². The molecule has 2 rings (SSSR count). The topological polar surface area (TPSA) is 71.6 Å². The Labute approximate surface area is 118 Å². The Morgan fingerprint density at radius 3 is 2.90 bits per heavy atom. The lowest BCUT2D eigenvalue weighted by Crippen LogP contribution is -2.35. The van der Waals surface area contributed by atoms with Gasteiger partial charge in [-0.2, -0.15) is 10.2 Å². The fourth-order valence-electron chi connectivity index (χ4n) is 2.09. The van der Waals surface area contributed by atoms with Crippen molar-refractivity contribution in [3.63, 3.8) is 0 Å². The molecule has 6 heteroatoms. The lowest BCUT2D eigenvalue weighted by atomic mass is 10.0. The Hall–Kier alpha value is -2.16. The number of hydrogen-bond acceptors (Lipinski definition) is 4. The number of imidazole rings is 1. The SMILES string of the molecule is C#CCCC1(CCC(=O)NC(C)Cn2ccnc2)N=N1. The van der Waals surface area contributed by atoms with Gasteiger partial charge < -0.3 is 9.88 Å². The van der Waals surface area contributed by atoms with Crippen LogP contribution in [-0.2, 0) is 11.3 Å². The van der Waals surface area contributed by atoms with E-state index in [0.29, 0.717) is 25.8 Å². The average molecular weight is 273 g/mol. The van der Waals surface area contributed by atoms with E-state index in [4.69, 9.17) is 6.42 Å². The summed E-state index contributed by atoms with van der Waals surface area (Å²) in [6.45, 7) is 2.68. The van der Waals surface area contributed by atoms with Gasteiger partial charge in [-0.15, -0.1) is 12.3 Å². The van der Waals surface area contributed by atoms with Crippen molar-refractivity contribution < 1.29 is 4.79 Å².